The summed E-state index contributed by atoms with van der Waals surface area (Å²) in [6.45, 7) is 0.723. The highest BCUT2D eigenvalue weighted by Crippen LogP contribution is 2.44. The first-order chi connectivity index (χ1) is 8.58. The second-order valence-electron chi connectivity index (χ2n) is 4.94. The molecule has 1 aromatic carbocycles. The van der Waals surface area contributed by atoms with Gasteiger partial charge in [0.15, 0.2) is 0 Å². The molecule has 3 nitrogen and oxygen atoms in total. The Morgan fingerprint density at radius 1 is 1.28 bits per heavy atom. The molecule has 100 valence electrons. The quantitative estimate of drug-likeness (QED) is 0.721. The van der Waals surface area contributed by atoms with Crippen molar-refractivity contribution in [2.24, 2.45) is 5.41 Å². The second-order valence-corrected chi connectivity index (χ2v) is 4.94. The molecule has 3 N–H and O–H groups in total. The van der Waals surface area contributed by atoms with E-state index in [0.29, 0.717) is 6.54 Å². The van der Waals surface area contributed by atoms with Crippen molar-refractivity contribution in [3.05, 3.63) is 35.4 Å². The van der Waals surface area contributed by atoms with E-state index in [1.54, 1.807) is 0 Å². The third-order valence-electron chi connectivity index (χ3n) is 3.46. The molecule has 18 heavy (non-hydrogen) atoms. The summed E-state index contributed by atoms with van der Waals surface area (Å²) < 4.78 is 26.7. The number of benzene rings is 1. The van der Waals surface area contributed by atoms with E-state index in [2.05, 4.69) is 5.32 Å². The molecule has 0 aromatic heterocycles. The molecule has 0 aliphatic heterocycles. The van der Waals surface area contributed by atoms with Crippen molar-refractivity contribution < 1.29 is 19.0 Å². The van der Waals surface area contributed by atoms with Crippen LogP contribution in [0, 0.1) is 17.0 Å². The van der Waals surface area contributed by atoms with Gasteiger partial charge in [-0.25, -0.2) is 8.78 Å². The molecule has 0 saturated heterocycles. The molecule has 0 heterocycles. The van der Waals surface area contributed by atoms with Crippen LogP contribution >= 0.6 is 0 Å². The molecule has 2 rings (SSSR count). The summed E-state index contributed by atoms with van der Waals surface area (Å²) >= 11 is 0. The highest BCUT2D eigenvalue weighted by molar-refractivity contribution is 5.22. The number of aliphatic hydroxyl groups is 2. The summed E-state index contributed by atoms with van der Waals surface area (Å²) in [5.74, 6) is -1.49. The van der Waals surface area contributed by atoms with Gasteiger partial charge < -0.3 is 15.5 Å². The van der Waals surface area contributed by atoms with Crippen molar-refractivity contribution in [3.8, 4) is 0 Å². The largest absolute Gasteiger partial charge is 0.396 e. The summed E-state index contributed by atoms with van der Waals surface area (Å²) in [6, 6.07) is 3.51. The van der Waals surface area contributed by atoms with Gasteiger partial charge in [-0.2, -0.15) is 0 Å². The van der Waals surface area contributed by atoms with Crippen molar-refractivity contribution in [2.45, 2.75) is 18.9 Å². The van der Waals surface area contributed by atoms with Gasteiger partial charge in [0, 0.05) is 25.1 Å². The highest BCUT2D eigenvalue weighted by Gasteiger charge is 2.41. The maximum atomic E-state index is 13.4. The van der Waals surface area contributed by atoms with Crippen LogP contribution in [-0.4, -0.2) is 29.9 Å². The van der Waals surface area contributed by atoms with E-state index in [0.717, 1.165) is 25.0 Å². The van der Waals surface area contributed by atoms with E-state index >= 15 is 0 Å². The molecule has 0 amide bonds. The SMILES string of the molecule is OCC1(CNCC(O)c2c(F)cccc2F)CC1. The first-order valence-electron chi connectivity index (χ1n) is 6.01. The fourth-order valence-electron chi connectivity index (χ4n) is 1.97. The summed E-state index contributed by atoms with van der Waals surface area (Å²) in [6.07, 6.45) is 0.669. The van der Waals surface area contributed by atoms with Crippen LogP contribution in [0.2, 0.25) is 0 Å². The van der Waals surface area contributed by atoms with Gasteiger partial charge in [0.25, 0.3) is 0 Å². The molecular formula is C13H17F2NO2. The number of aliphatic hydroxyl groups excluding tert-OH is 2. The lowest BCUT2D eigenvalue weighted by molar-refractivity contribution is 0.155. The molecule has 1 saturated carbocycles. The molecule has 1 unspecified atom stereocenters. The lowest BCUT2D eigenvalue weighted by atomic mass is 10.1. The Morgan fingerprint density at radius 2 is 1.89 bits per heavy atom. The predicted molar refractivity (Wildman–Crippen MR) is 62.9 cm³/mol. The van der Waals surface area contributed by atoms with Gasteiger partial charge in [-0.3, -0.25) is 0 Å². The van der Waals surface area contributed by atoms with Crippen molar-refractivity contribution in [3.63, 3.8) is 0 Å². The number of hydrogen-bond acceptors (Lipinski definition) is 3. The average molecular weight is 257 g/mol. The van der Waals surface area contributed by atoms with Crippen LogP contribution < -0.4 is 5.32 Å². The second kappa shape index (κ2) is 5.30. The monoisotopic (exact) mass is 257 g/mol. The van der Waals surface area contributed by atoms with Crippen LogP contribution in [0.5, 0.6) is 0 Å². The first kappa shape index (κ1) is 13.4. The van der Waals surface area contributed by atoms with Gasteiger partial charge in [0.1, 0.15) is 11.6 Å². The molecule has 1 aliphatic carbocycles. The van der Waals surface area contributed by atoms with Crippen LogP contribution in [0.25, 0.3) is 0 Å². The molecule has 1 atom stereocenters. The van der Waals surface area contributed by atoms with E-state index < -0.39 is 17.7 Å². The molecule has 1 fully saturated rings. The smallest absolute Gasteiger partial charge is 0.131 e. The lowest BCUT2D eigenvalue weighted by Gasteiger charge is -2.17. The third kappa shape index (κ3) is 2.85. The molecule has 0 spiro atoms. The van der Waals surface area contributed by atoms with E-state index in [-0.39, 0.29) is 24.1 Å². The van der Waals surface area contributed by atoms with Crippen molar-refractivity contribution >= 4 is 0 Å². The van der Waals surface area contributed by atoms with E-state index in [4.69, 9.17) is 5.11 Å². The van der Waals surface area contributed by atoms with E-state index in [1.807, 2.05) is 0 Å². The van der Waals surface area contributed by atoms with Crippen molar-refractivity contribution in [2.75, 3.05) is 19.7 Å². The third-order valence-corrected chi connectivity index (χ3v) is 3.46. The number of halogens is 2. The molecule has 0 bridgehead atoms. The molecule has 0 radical (unpaired) electrons. The van der Waals surface area contributed by atoms with Crippen molar-refractivity contribution in [1.29, 1.82) is 0 Å². The summed E-state index contributed by atoms with van der Waals surface area (Å²) in [4.78, 5) is 0. The Labute approximate surface area is 104 Å². The zero-order valence-corrected chi connectivity index (χ0v) is 10.00. The summed E-state index contributed by atoms with van der Waals surface area (Å²) in [5.41, 5.74) is -0.396. The molecular weight excluding hydrogens is 240 g/mol. The summed E-state index contributed by atoms with van der Waals surface area (Å²) in [7, 11) is 0. The zero-order chi connectivity index (χ0) is 13.2. The van der Waals surface area contributed by atoms with Gasteiger partial charge in [0.2, 0.25) is 0 Å². The van der Waals surface area contributed by atoms with E-state index in [9.17, 15) is 13.9 Å². The van der Waals surface area contributed by atoms with Gasteiger partial charge >= 0.3 is 0 Å². The zero-order valence-electron chi connectivity index (χ0n) is 10.00. The maximum absolute atomic E-state index is 13.4. The number of nitrogens with one attached hydrogen (secondary N) is 1. The van der Waals surface area contributed by atoms with Crippen LogP contribution in [0.1, 0.15) is 24.5 Å². The van der Waals surface area contributed by atoms with Gasteiger partial charge in [-0.05, 0) is 25.0 Å². The van der Waals surface area contributed by atoms with Crippen LogP contribution in [0.4, 0.5) is 8.78 Å². The van der Waals surface area contributed by atoms with Gasteiger partial charge in [0.05, 0.1) is 11.7 Å². The molecule has 1 aliphatic rings. The highest BCUT2D eigenvalue weighted by atomic mass is 19.1. The lowest BCUT2D eigenvalue weighted by Crippen LogP contribution is -2.30. The normalized spacial score (nSPS) is 18.7. The fraction of sp³-hybridized carbons (Fsp3) is 0.538. The Bertz CT molecular complexity index is 401. The van der Waals surface area contributed by atoms with Crippen LogP contribution in [0.15, 0.2) is 18.2 Å². The standard InChI is InChI=1S/C13H17F2NO2/c14-9-2-1-3-10(15)12(9)11(18)6-16-7-13(8-17)4-5-13/h1-3,11,16-18H,4-8H2. The Kier molecular flexibility index (Phi) is 3.94. The minimum absolute atomic E-state index is 0.0691. The fourth-order valence-corrected chi connectivity index (χ4v) is 1.97. The first-order valence-corrected chi connectivity index (χ1v) is 6.01. The minimum Gasteiger partial charge on any atom is -0.396 e. The number of rotatable bonds is 6. The van der Waals surface area contributed by atoms with Crippen LogP contribution in [-0.2, 0) is 0 Å². The topological polar surface area (TPSA) is 52.5 Å². The Balaban J connectivity index is 1.89. The number of hydrogen-bond donors (Lipinski definition) is 3. The summed E-state index contributed by atoms with van der Waals surface area (Å²) in [5, 5.41) is 21.8. The van der Waals surface area contributed by atoms with Gasteiger partial charge in [-0.1, -0.05) is 6.07 Å². The van der Waals surface area contributed by atoms with Gasteiger partial charge in [-0.15, -0.1) is 0 Å². The molecule has 5 heteroatoms. The average Bonchev–Trinajstić information content (AvgIpc) is 3.09. The Morgan fingerprint density at radius 3 is 2.39 bits per heavy atom. The Hall–Kier alpha value is -1.04. The predicted octanol–water partition coefficient (Wildman–Crippen LogP) is 1.36. The minimum atomic E-state index is -1.22. The maximum Gasteiger partial charge on any atom is 0.131 e. The van der Waals surface area contributed by atoms with Crippen LogP contribution in [0.3, 0.4) is 0 Å². The van der Waals surface area contributed by atoms with Crippen molar-refractivity contribution in [1.82, 2.24) is 5.32 Å². The molecule has 1 aromatic rings. The van der Waals surface area contributed by atoms with E-state index in [1.165, 1.54) is 6.07 Å².